The Bertz CT molecular complexity index is 427. The second-order valence-electron chi connectivity index (χ2n) is 5.13. The van der Waals surface area contributed by atoms with Crippen LogP contribution < -0.4 is 10.1 Å². The molecule has 2 heterocycles. The third-order valence-corrected chi connectivity index (χ3v) is 3.23. The minimum Gasteiger partial charge on any atom is -0.475 e. The second kappa shape index (κ2) is 5.71. The van der Waals surface area contributed by atoms with E-state index in [0.717, 1.165) is 0 Å². The van der Waals surface area contributed by atoms with Crippen LogP contribution in [0.15, 0.2) is 12.4 Å². The first-order chi connectivity index (χ1) is 8.99. The summed E-state index contributed by atoms with van der Waals surface area (Å²) in [7, 11) is 0. The van der Waals surface area contributed by atoms with Gasteiger partial charge in [0.15, 0.2) is 0 Å². The fraction of sp³-hybridized carbons (Fsp3) is 0.692. The van der Waals surface area contributed by atoms with Gasteiger partial charge >= 0.3 is 0 Å². The molecule has 6 heteroatoms. The summed E-state index contributed by atoms with van der Waals surface area (Å²) in [6.07, 6.45) is 1.96. The minimum atomic E-state index is -0.843. The number of nitrogens with one attached hydrogen (secondary N) is 1. The SMILES string of the molecule is CC(C)Oc1cc(NCC2(O)CCOC2C)ncn1. The molecule has 0 aromatic carbocycles. The summed E-state index contributed by atoms with van der Waals surface area (Å²) in [5.41, 5.74) is -0.843. The topological polar surface area (TPSA) is 76.5 Å². The molecule has 1 fully saturated rings. The Balaban J connectivity index is 1.96. The van der Waals surface area contributed by atoms with E-state index >= 15 is 0 Å². The van der Waals surface area contributed by atoms with Gasteiger partial charge in [-0.25, -0.2) is 9.97 Å². The molecule has 106 valence electrons. The highest BCUT2D eigenvalue weighted by Gasteiger charge is 2.39. The van der Waals surface area contributed by atoms with Crippen LogP contribution in [-0.4, -0.2) is 46.0 Å². The quantitative estimate of drug-likeness (QED) is 0.835. The molecule has 2 unspecified atom stereocenters. The molecular weight excluding hydrogens is 246 g/mol. The fourth-order valence-corrected chi connectivity index (χ4v) is 1.99. The lowest BCUT2D eigenvalue weighted by Gasteiger charge is -2.26. The van der Waals surface area contributed by atoms with Crippen molar-refractivity contribution in [1.82, 2.24) is 9.97 Å². The van der Waals surface area contributed by atoms with Crippen LogP contribution in [0.25, 0.3) is 0 Å². The predicted molar refractivity (Wildman–Crippen MR) is 71.3 cm³/mol. The van der Waals surface area contributed by atoms with Crippen molar-refractivity contribution in [2.75, 3.05) is 18.5 Å². The molecule has 2 N–H and O–H groups in total. The predicted octanol–water partition coefficient (Wildman–Crippen LogP) is 1.22. The van der Waals surface area contributed by atoms with Gasteiger partial charge in [-0.1, -0.05) is 0 Å². The molecule has 2 atom stereocenters. The highest BCUT2D eigenvalue weighted by molar-refractivity contribution is 5.37. The number of hydrogen-bond donors (Lipinski definition) is 2. The summed E-state index contributed by atoms with van der Waals surface area (Å²) >= 11 is 0. The Kier molecular flexibility index (Phi) is 4.21. The van der Waals surface area contributed by atoms with Crippen molar-refractivity contribution in [3.05, 3.63) is 12.4 Å². The van der Waals surface area contributed by atoms with Gasteiger partial charge in [0.05, 0.1) is 12.2 Å². The average molecular weight is 267 g/mol. The Hall–Kier alpha value is -1.40. The van der Waals surface area contributed by atoms with Gasteiger partial charge in [0.25, 0.3) is 0 Å². The molecule has 1 aromatic heterocycles. The average Bonchev–Trinajstić information content (AvgIpc) is 2.68. The third-order valence-electron chi connectivity index (χ3n) is 3.23. The first-order valence-corrected chi connectivity index (χ1v) is 6.56. The molecule has 0 aliphatic carbocycles. The normalized spacial score (nSPS) is 26.7. The largest absolute Gasteiger partial charge is 0.475 e. The molecule has 19 heavy (non-hydrogen) atoms. The monoisotopic (exact) mass is 267 g/mol. The highest BCUT2D eigenvalue weighted by Crippen LogP contribution is 2.26. The lowest BCUT2D eigenvalue weighted by molar-refractivity contribution is -0.0176. The molecule has 6 nitrogen and oxygen atoms in total. The summed E-state index contributed by atoms with van der Waals surface area (Å²) in [4.78, 5) is 8.14. The van der Waals surface area contributed by atoms with Crippen LogP contribution in [0.2, 0.25) is 0 Å². The van der Waals surface area contributed by atoms with E-state index in [4.69, 9.17) is 9.47 Å². The van der Waals surface area contributed by atoms with Crippen molar-refractivity contribution in [3.63, 3.8) is 0 Å². The maximum atomic E-state index is 10.4. The van der Waals surface area contributed by atoms with Gasteiger partial charge in [-0.2, -0.15) is 0 Å². The number of hydrogen-bond acceptors (Lipinski definition) is 6. The van der Waals surface area contributed by atoms with Crippen LogP contribution in [-0.2, 0) is 4.74 Å². The number of aliphatic hydroxyl groups is 1. The van der Waals surface area contributed by atoms with Crippen LogP contribution in [0.4, 0.5) is 5.82 Å². The first-order valence-electron chi connectivity index (χ1n) is 6.56. The van der Waals surface area contributed by atoms with E-state index in [2.05, 4.69) is 15.3 Å². The number of nitrogens with zero attached hydrogens (tertiary/aromatic N) is 2. The first kappa shape index (κ1) is 14.0. The van der Waals surface area contributed by atoms with Gasteiger partial charge in [0.2, 0.25) is 5.88 Å². The van der Waals surface area contributed by atoms with Crippen molar-refractivity contribution in [3.8, 4) is 5.88 Å². The van der Waals surface area contributed by atoms with Gasteiger partial charge in [-0.3, -0.25) is 0 Å². The molecule has 0 spiro atoms. The maximum absolute atomic E-state index is 10.4. The number of ether oxygens (including phenoxy) is 2. The molecule has 0 saturated carbocycles. The van der Waals surface area contributed by atoms with E-state index < -0.39 is 5.60 Å². The summed E-state index contributed by atoms with van der Waals surface area (Å²) in [6.45, 7) is 6.74. The molecule has 1 aliphatic heterocycles. The van der Waals surface area contributed by atoms with Crippen molar-refractivity contribution in [2.45, 2.75) is 45.0 Å². The van der Waals surface area contributed by atoms with Crippen molar-refractivity contribution >= 4 is 5.82 Å². The van der Waals surface area contributed by atoms with Gasteiger partial charge in [-0.15, -0.1) is 0 Å². The molecule has 0 bridgehead atoms. The van der Waals surface area contributed by atoms with Crippen molar-refractivity contribution in [2.24, 2.45) is 0 Å². The van der Waals surface area contributed by atoms with Crippen LogP contribution in [0.1, 0.15) is 27.2 Å². The van der Waals surface area contributed by atoms with Gasteiger partial charge in [-0.05, 0) is 20.8 Å². The molecule has 1 saturated heterocycles. The van der Waals surface area contributed by atoms with Crippen LogP contribution in [0.3, 0.4) is 0 Å². The molecule has 1 aromatic rings. The molecule has 0 amide bonds. The summed E-state index contributed by atoms with van der Waals surface area (Å²) in [5, 5.41) is 13.5. The highest BCUT2D eigenvalue weighted by atomic mass is 16.5. The molecule has 1 aliphatic rings. The van der Waals surface area contributed by atoms with Gasteiger partial charge in [0, 0.05) is 25.6 Å². The Morgan fingerprint density at radius 3 is 3.00 bits per heavy atom. The van der Waals surface area contributed by atoms with E-state index in [1.54, 1.807) is 6.07 Å². The van der Waals surface area contributed by atoms with Crippen LogP contribution in [0.5, 0.6) is 5.88 Å². The fourth-order valence-electron chi connectivity index (χ4n) is 1.99. The minimum absolute atomic E-state index is 0.0650. The van der Waals surface area contributed by atoms with E-state index in [1.165, 1.54) is 6.33 Å². The lowest BCUT2D eigenvalue weighted by atomic mass is 9.97. The Morgan fingerprint density at radius 1 is 1.58 bits per heavy atom. The van der Waals surface area contributed by atoms with Crippen LogP contribution >= 0.6 is 0 Å². The third kappa shape index (κ3) is 3.54. The molecular formula is C13H21N3O3. The van der Waals surface area contributed by atoms with E-state index in [9.17, 15) is 5.11 Å². The number of rotatable bonds is 5. The zero-order valence-electron chi connectivity index (χ0n) is 11.6. The molecule has 0 radical (unpaired) electrons. The number of aromatic nitrogens is 2. The van der Waals surface area contributed by atoms with E-state index in [1.807, 2.05) is 20.8 Å². The summed E-state index contributed by atoms with van der Waals surface area (Å²) in [5.74, 6) is 1.16. The zero-order chi connectivity index (χ0) is 13.9. The van der Waals surface area contributed by atoms with E-state index in [-0.39, 0.29) is 12.2 Å². The summed E-state index contributed by atoms with van der Waals surface area (Å²) in [6, 6.07) is 1.73. The zero-order valence-corrected chi connectivity index (χ0v) is 11.6. The van der Waals surface area contributed by atoms with Crippen molar-refractivity contribution in [1.29, 1.82) is 0 Å². The lowest BCUT2D eigenvalue weighted by Crippen LogP contribution is -2.43. The van der Waals surface area contributed by atoms with Gasteiger partial charge < -0.3 is 19.9 Å². The Morgan fingerprint density at radius 2 is 2.37 bits per heavy atom. The van der Waals surface area contributed by atoms with Crippen molar-refractivity contribution < 1.29 is 14.6 Å². The molecule has 2 rings (SSSR count). The number of anilines is 1. The second-order valence-corrected chi connectivity index (χ2v) is 5.13. The Labute approximate surface area is 113 Å². The summed E-state index contributed by atoms with van der Waals surface area (Å²) < 4.78 is 10.9. The van der Waals surface area contributed by atoms with Gasteiger partial charge in [0.1, 0.15) is 17.7 Å². The van der Waals surface area contributed by atoms with Crippen LogP contribution in [0, 0.1) is 0 Å². The standard InChI is InChI=1S/C13H21N3O3/c1-9(2)19-12-6-11(15-8-16-12)14-7-13(17)4-5-18-10(13)3/h6,8-10,17H,4-5,7H2,1-3H3,(H,14,15,16). The van der Waals surface area contributed by atoms with E-state index in [0.29, 0.717) is 31.3 Å². The smallest absolute Gasteiger partial charge is 0.218 e. The maximum Gasteiger partial charge on any atom is 0.218 e.